The van der Waals surface area contributed by atoms with Gasteiger partial charge in [-0.3, -0.25) is 4.57 Å². The molecule has 3 nitrogen and oxygen atoms in total. The summed E-state index contributed by atoms with van der Waals surface area (Å²) in [6.45, 7) is 2.02. The van der Waals surface area contributed by atoms with Crippen LogP contribution in [0, 0.1) is 5.82 Å². The number of nitrogens with zero attached hydrogens (tertiary/aromatic N) is 3. The van der Waals surface area contributed by atoms with Crippen molar-refractivity contribution in [1.29, 1.82) is 0 Å². The number of rotatable bonds is 3. The maximum absolute atomic E-state index is 13.8. The van der Waals surface area contributed by atoms with Crippen LogP contribution in [0.4, 0.5) is 4.39 Å². The van der Waals surface area contributed by atoms with E-state index in [9.17, 15) is 4.39 Å². The fourth-order valence-corrected chi connectivity index (χ4v) is 2.14. The maximum atomic E-state index is 13.8. The SMILES string of the molecule is CCCc1nnc(Cl)n1-c1ccc(Br)cc1F. The van der Waals surface area contributed by atoms with Crippen LogP contribution in [-0.4, -0.2) is 14.8 Å². The quantitative estimate of drug-likeness (QED) is 0.862. The van der Waals surface area contributed by atoms with Crippen molar-refractivity contribution in [3.63, 3.8) is 0 Å². The summed E-state index contributed by atoms with van der Waals surface area (Å²) in [7, 11) is 0. The molecule has 0 unspecified atom stereocenters. The molecular formula is C11H10BrClFN3. The van der Waals surface area contributed by atoms with Gasteiger partial charge in [-0.05, 0) is 36.2 Å². The average molecular weight is 319 g/mol. The molecule has 0 saturated carbocycles. The van der Waals surface area contributed by atoms with E-state index >= 15 is 0 Å². The molecule has 1 aromatic heterocycles. The van der Waals surface area contributed by atoms with E-state index in [1.165, 1.54) is 10.6 Å². The molecule has 0 N–H and O–H groups in total. The Balaban J connectivity index is 2.55. The number of aryl methyl sites for hydroxylation is 1. The van der Waals surface area contributed by atoms with Crippen molar-refractivity contribution in [1.82, 2.24) is 14.8 Å². The number of halogens is 3. The summed E-state index contributed by atoms with van der Waals surface area (Å²) in [5, 5.41) is 7.90. The lowest BCUT2D eigenvalue weighted by atomic mass is 10.2. The zero-order chi connectivity index (χ0) is 12.4. The molecule has 0 fully saturated rings. The normalized spacial score (nSPS) is 10.8. The standard InChI is InChI=1S/C11H10BrClFN3/c1-2-3-10-15-16-11(13)17(10)9-5-4-7(12)6-8(9)14/h4-6H,2-3H2,1H3. The van der Waals surface area contributed by atoms with E-state index in [-0.39, 0.29) is 11.1 Å². The zero-order valence-corrected chi connectivity index (χ0v) is 11.5. The summed E-state index contributed by atoms with van der Waals surface area (Å²) in [4.78, 5) is 0. The molecule has 17 heavy (non-hydrogen) atoms. The summed E-state index contributed by atoms with van der Waals surface area (Å²) in [6.07, 6.45) is 1.60. The molecule has 0 aliphatic rings. The lowest BCUT2D eigenvalue weighted by Gasteiger charge is -2.08. The predicted octanol–water partition coefficient (Wildman–Crippen LogP) is 3.77. The van der Waals surface area contributed by atoms with Gasteiger partial charge in [0.1, 0.15) is 11.6 Å². The molecule has 2 rings (SSSR count). The van der Waals surface area contributed by atoms with Crippen LogP contribution >= 0.6 is 27.5 Å². The molecule has 1 heterocycles. The number of hydrogen-bond acceptors (Lipinski definition) is 2. The van der Waals surface area contributed by atoms with Crippen LogP contribution in [0.25, 0.3) is 5.69 Å². The van der Waals surface area contributed by atoms with Crippen molar-refractivity contribution in [3.05, 3.63) is 39.6 Å². The van der Waals surface area contributed by atoms with E-state index in [2.05, 4.69) is 26.1 Å². The Morgan fingerprint density at radius 3 is 2.82 bits per heavy atom. The fraction of sp³-hybridized carbons (Fsp3) is 0.273. The topological polar surface area (TPSA) is 30.7 Å². The Hall–Kier alpha value is -0.940. The fourth-order valence-electron chi connectivity index (χ4n) is 1.58. The van der Waals surface area contributed by atoms with Crippen LogP contribution < -0.4 is 0 Å². The lowest BCUT2D eigenvalue weighted by Crippen LogP contribution is -2.03. The summed E-state index contributed by atoms with van der Waals surface area (Å²) < 4.78 is 16.1. The predicted molar refractivity (Wildman–Crippen MR) is 68.0 cm³/mol. The Labute approximate surface area is 112 Å². The molecule has 90 valence electrons. The number of benzene rings is 1. The van der Waals surface area contributed by atoms with Crippen molar-refractivity contribution < 1.29 is 4.39 Å². The van der Waals surface area contributed by atoms with Crippen LogP contribution in [0.15, 0.2) is 22.7 Å². The van der Waals surface area contributed by atoms with Gasteiger partial charge in [0.2, 0.25) is 5.28 Å². The van der Waals surface area contributed by atoms with E-state index < -0.39 is 0 Å². The van der Waals surface area contributed by atoms with Crippen molar-refractivity contribution in [3.8, 4) is 5.69 Å². The lowest BCUT2D eigenvalue weighted by molar-refractivity contribution is 0.613. The monoisotopic (exact) mass is 317 g/mol. The first kappa shape index (κ1) is 12.5. The van der Waals surface area contributed by atoms with Crippen molar-refractivity contribution >= 4 is 27.5 Å². The van der Waals surface area contributed by atoms with Crippen molar-refractivity contribution in [2.45, 2.75) is 19.8 Å². The molecule has 1 aromatic carbocycles. The van der Waals surface area contributed by atoms with Gasteiger partial charge >= 0.3 is 0 Å². The van der Waals surface area contributed by atoms with Gasteiger partial charge in [0.25, 0.3) is 0 Å². The highest BCUT2D eigenvalue weighted by molar-refractivity contribution is 9.10. The molecule has 0 atom stereocenters. The second-order valence-electron chi connectivity index (χ2n) is 3.57. The van der Waals surface area contributed by atoms with Gasteiger partial charge in [0.05, 0.1) is 5.69 Å². The molecule has 6 heteroatoms. The second-order valence-corrected chi connectivity index (χ2v) is 4.82. The van der Waals surface area contributed by atoms with Gasteiger partial charge in [-0.1, -0.05) is 22.9 Å². The molecule has 0 radical (unpaired) electrons. The molecule has 0 amide bonds. The Bertz CT molecular complexity index is 542. The van der Waals surface area contributed by atoms with Gasteiger partial charge in [0.15, 0.2) is 0 Å². The first-order chi connectivity index (χ1) is 8.13. The Morgan fingerprint density at radius 2 is 2.18 bits per heavy atom. The van der Waals surface area contributed by atoms with Gasteiger partial charge in [-0.2, -0.15) is 0 Å². The minimum Gasteiger partial charge on any atom is -0.267 e. The highest BCUT2D eigenvalue weighted by Crippen LogP contribution is 2.23. The summed E-state index contributed by atoms with van der Waals surface area (Å²) in [5.41, 5.74) is 0.367. The van der Waals surface area contributed by atoms with E-state index in [1.807, 2.05) is 6.92 Å². The Kier molecular flexibility index (Phi) is 3.79. The van der Waals surface area contributed by atoms with E-state index in [0.29, 0.717) is 22.4 Å². The number of aromatic nitrogens is 3. The minimum atomic E-state index is -0.363. The summed E-state index contributed by atoms with van der Waals surface area (Å²) in [6, 6.07) is 4.79. The highest BCUT2D eigenvalue weighted by atomic mass is 79.9. The number of hydrogen-bond donors (Lipinski definition) is 0. The summed E-state index contributed by atoms with van der Waals surface area (Å²) in [5.74, 6) is 0.303. The van der Waals surface area contributed by atoms with Crippen LogP contribution in [0.3, 0.4) is 0 Å². The van der Waals surface area contributed by atoms with Gasteiger partial charge in [-0.15, -0.1) is 10.2 Å². The third-order valence-electron chi connectivity index (χ3n) is 2.31. The minimum absolute atomic E-state index is 0.176. The average Bonchev–Trinajstić information content (AvgIpc) is 2.62. The first-order valence-electron chi connectivity index (χ1n) is 5.18. The molecule has 2 aromatic rings. The third kappa shape index (κ3) is 2.50. The van der Waals surface area contributed by atoms with E-state index in [1.54, 1.807) is 12.1 Å². The van der Waals surface area contributed by atoms with Gasteiger partial charge < -0.3 is 0 Å². The second kappa shape index (κ2) is 5.14. The molecule has 0 saturated heterocycles. The van der Waals surface area contributed by atoms with E-state index in [4.69, 9.17) is 11.6 Å². The Morgan fingerprint density at radius 1 is 1.41 bits per heavy atom. The first-order valence-corrected chi connectivity index (χ1v) is 6.35. The van der Waals surface area contributed by atoms with Crippen molar-refractivity contribution in [2.75, 3.05) is 0 Å². The molecular weight excluding hydrogens is 308 g/mol. The smallest absolute Gasteiger partial charge is 0.229 e. The highest BCUT2D eigenvalue weighted by Gasteiger charge is 2.14. The summed E-state index contributed by atoms with van der Waals surface area (Å²) >= 11 is 9.15. The third-order valence-corrected chi connectivity index (χ3v) is 3.05. The van der Waals surface area contributed by atoms with Gasteiger partial charge in [-0.25, -0.2) is 4.39 Å². The molecule has 0 aliphatic carbocycles. The van der Waals surface area contributed by atoms with Crippen LogP contribution in [-0.2, 0) is 6.42 Å². The molecule has 0 bridgehead atoms. The van der Waals surface area contributed by atoms with Crippen LogP contribution in [0.1, 0.15) is 19.2 Å². The molecule has 0 spiro atoms. The van der Waals surface area contributed by atoms with Crippen molar-refractivity contribution in [2.24, 2.45) is 0 Å². The van der Waals surface area contributed by atoms with Crippen LogP contribution in [0.5, 0.6) is 0 Å². The molecule has 0 aliphatic heterocycles. The van der Waals surface area contributed by atoms with Crippen LogP contribution in [0.2, 0.25) is 5.28 Å². The zero-order valence-electron chi connectivity index (χ0n) is 9.12. The largest absolute Gasteiger partial charge is 0.267 e. The maximum Gasteiger partial charge on any atom is 0.229 e. The van der Waals surface area contributed by atoms with Gasteiger partial charge in [0, 0.05) is 10.9 Å². The van der Waals surface area contributed by atoms with E-state index in [0.717, 1.165) is 6.42 Å².